The van der Waals surface area contributed by atoms with Crippen LogP contribution in [-0.2, 0) is 13.1 Å². The quantitative estimate of drug-likeness (QED) is 0.795. The van der Waals surface area contributed by atoms with Crippen LogP contribution in [0.1, 0.15) is 16.7 Å². The van der Waals surface area contributed by atoms with Crippen molar-refractivity contribution in [2.45, 2.75) is 20.0 Å². The summed E-state index contributed by atoms with van der Waals surface area (Å²) in [6.07, 6.45) is 0. The van der Waals surface area contributed by atoms with E-state index in [9.17, 15) is 8.78 Å². The van der Waals surface area contributed by atoms with Gasteiger partial charge in [0.05, 0.1) is 18.0 Å². The Morgan fingerprint density at radius 1 is 0.870 bits per heavy atom. The number of fused-ring (bicyclic) bond motifs is 6. The molecule has 0 saturated carbocycles. The highest BCUT2D eigenvalue weighted by molar-refractivity contribution is 5.71. The number of rotatable bonds is 1. The predicted molar refractivity (Wildman–Crippen MR) is 89.1 cm³/mol. The van der Waals surface area contributed by atoms with Crippen LogP contribution in [0.2, 0.25) is 0 Å². The first-order valence-corrected chi connectivity index (χ1v) is 7.72. The topological polar surface area (TPSA) is 9.72 Å². The zero-order valence-corrected chi connectivity index (χ0v) is 13.5. The number of halogens is 2. The van der Waals surface area contributed by atoms with Crippen LogP contribution in [0.15, 0.2) is 24.3 Å². The van der Waals surface area contributed by atoms with E-state index < -0.39 is 0 Å². The second kappa shape index (κ2) is 4.85. The van der Waals surface area contributed by atoms with Gasteiger partial charge in [-0.25, -0.2) is 8.78 Å². The second-order valence-corrected chi connectivity index (χ2v) is 6.62. The van der Waals surface area contributed by atoms with Crippen LogP contribution in [0.4, 0.5) is 25.8 Å². The smallest absolute Gasteiger partial charge is 0.148 e. The molecule has 2 aromatic rings. The molecule has 0 fully saturated rings. The van der Waals surface area contributed by atoms with E-state index in [1.807, 2.05) is 47.9 Å². The Balaban J connectivity index is 1.85. The molecule has 2 heterocycles. The minimum absolute atomic E-state index is 0.188. The molecule has 0 spiro atoms. The monoisotopic (exact) mass is 315 g/mol. The molecule has 2 aromatic carbocycles. The molecule has 0 radical (unpaired) electrons. The molecule has 0 amide bonds. The van der Waals surface area contributed by atoms with Gasteiger partial charge in [-0.15, -0.1) is 0 Å². The van der Waals surface area contributed by atoms with Crippen molar-refractivity contribution in [3.05, 3.63) is 52.6 Å². The van der Waals surface area contributed by atoms with Gasteiger partial charge in [0, 0.05) is 32.9 Å². The van der Waals surface area contributed by atoms with Gasteiger partial charge in [-0.2, -0.15) is 0 Å². The summed E-state index contributed by atoms with van der Waals surface area (Å²) in [6.45, 7) is 3.47. The summed E-state index contributed by atoms with van der Waals surface area (Å²) in [7, 11) is 3.78. The van der Waals surface area contributed by atoms with Gasteiger partial charge < -0.3 is 14.7 Å². The molecule has 0 aromatic heterocycles. The van der Waals surface area contributed by atoms with E-state index in [0.717, 1.165) is 22.4 Å². The first-order chi connectivity index (χ1) is 10.9. The molecule has 2 bridgehead atoms. The van der Waals surface area contributed by atoms with E-state index in [1.165, 1.54) is 0 Å². The molecule has 4 rings (SSSR count). The van der Waals surface area contributed by atoms with E-state index in [1.54, 1.807) is 12.1 Å². The van der Waals surface area contributed by atoms with Crippen LogP contribution >= 0.6 is 0 Å². The van der Waals surface area contributed by atoms with Crippen molar-refractivity contribution in [2.24, 2.45) is 0 Å². The number of hydrogen-bond acceptors (Lipinski definition) is 3. The summed E-state index contributed by atoms with van der Waals surface area (Å²) in [6, 6.07) is 7.13. The molecule has 2 aliphatic heterocycles. The van der Waals surface area contributed by atoms with Crippen molar-refractivity contribution in [2.75, 3.05) is 35.5 Å². The molecule has 0 saturated heterocycles. The Morgan fingerprint density at radius 3 is 2.04 bits per heavy atom. The number of benzene rings is 2. The van der Waals surface area contributed by atoms with E-state index >= 15 is 0 Å². The Morgan fingerprint density at radius 2 is 1.43 bits per heavy atom. The fourth-order valence-corrected chi connectivity index (χ4v) is 3.67. The lowest BCUT2D eigenvalue weighted by molar-refractivity contribution is 0.562. The van der Waals surface area contributed by atoms with E-state index in [4.69, 9.17) is 0 Å². The first-order valence-electron chi connectivity index (χ1n) is 7.72. The lowest BCUT2D eigenvalue weighted by Gasteiger charge is -2.45. The lowest BCUT2D eigenvalue weighted by Crippen LogP contribution is -2.47. The average Bonchev–Trinajstić information content (AvgIpc) is 2.45. The molecule has 3 nitrogen and oxygen atoms in total. The van der Waals surface area contributed by atoms with Crippen molar-refractivity contribution in [3.63, 3.8) is 0 Å². The third-order valence-corrected chi connectivity index (χ3v) is 4.63. The standard InChI is InChI=1S/C18H19F2N3/c1-11-4-12-8-22-10-23(17(12)15(19)5-11)9-13-6-14(21(2)3)7-16(20)18(13)22/h4-7H,8-10H2,1-3H3. The van der Waals surface area contributed by atoms with Crippen molar-refractivity contribution < 1.29 is 8.78 Å². The molecule has 0 aliphatic carbocycles. The second-order valence-electron chi connectivity index (χ2n) is 6.62. The van der Waals surface area contributed by atoms with Crippen molar-refractivity contribution in [1.29, 1.82) is 0 Å². The van der Waals surface area contributed by atoms with E-state index in [2.05, 4.69) is 0 Å². The Bertz CT molecular complexity index is 801. The summed E-state index contributed by atoms with van der Waals surface area (Å²) in [5, 5.41) is 0. The fourth-order valence-electron chi connectivity index (χ4n) is 3.67. The highest BCUT2D eigenvalue weighted by Crippen LogP contribution is 2.42. The fraction of sp³-hybridized carbons (Fsp3) is 0.333. The van der Waals surface area contributed by atoms with Gasteiger partial charge in [0.25, 0.3) is 0 Å². The summed E-state index contributed by atoms with van der Waals surface area (Å²) in [5.74, 6) is -0.394. The number of aryl methyl sites for hydroxylation is 1. The van der Waals surface area contributed by atoms with Gasteiger partial charge in [-0.3, -0.25) is 0 Å². The van der Waals surface area contributed by atoms with Crippen molar-refractivity contribution >= 4 is 17.1 Å². The maximum Gasteiger partial charge on any atom is 0.148 e. The largest absolute Gasteiger partial charge is 0.378 e. The third-order valence-electron chi connectivity index (χ3n) is 4.63. The predicted octanol–water partition coefficient (Wildman–Crippen LogP) is 3.64. The van der Waals surface area contributed by atoms with E-state index in [0.29, 0.717) is 31.1 Å². The van der Waals surface area contributed by atoms with Crippen molar-refractivity contribution in [3.8, 4) is 0 Å². The molecule has 2 aliphatic rings. The molecule has 120 valence electrons. The molecule has 0 atom stereocenters. The zero-order valence-electron chi connectivity index (χ0n) is 13.5. The molecule has 0 N–H and O–H groups in total. The van der Waals surface area contributed by atoms with Gasteiger partial charge in [0.2, 0.25) is 0 Å². The summed E-state index contributed by atoms with van der Waals surface area (Å²) < 4.78 is 29.1. The lowest BCUT2D eigenvalue weighted by atomic mass is 9.99. The van der Waals surface area contributed by atoms with Crippen LogP contribution in [-0.4, -0.2) is 20.8 Å². The number of anilines is 3. The highest BCUT2D eigenvalue weighted by atomic mass is 19.1. The summed E-state index contributed by atoms with van der Waals surface area (Å²) >= 11 is 0. The highest BCUT2D eigenvalue weighted by Gasteiger charge is 2.33. The van der Waals surface area contributed by atoms with E-state index in [-0.39, 0.29) is 11.6 Å². The zero-order chi connectivity index (χ0) is 16.3. The van der Waals surface area contributed by atoms with Gasteiger partial charge in [-0.05, 0) is 41.8 Å². The summed E-state index contributed by atoms with van der Waals surface area (Å²) in [4.78, 5) is 5.87. The summed E-state index contributed by atoms with van der Waals surface area (Å²) in [5.41, 5.74) is 4.87. The SMILES string of the molecule is Cc1cc(F)c2c(c1)CN1CN2Cc2cc(N(C)C)cc(F)c21. The molecule has 5 heteroatoms. The van der Waals surface area contributed by atoms with Crippen LogP contribution in [0, 0.1) is 18.6 Å². The minimum atomic E-state index is -0.206. The molecular formula is C18H19F2N3. The number of nitrogens with zero attached hydrogens (tertiary/aromatic N) is 3. The minimum Gasteiger partial charge on any atom is -0.378 e. The van der Waals surface area contributed by atoms with Gasteiger partial charge in [0.15, 0.2) is 0 Å². The number of hydrogen-bond donors (Lipinski definition) is 0. The van der Waals surface area contributed by atoms with Crippen LogP contribution in [0.3, 0.4) is 0 Å². The Labute approximate surface area is 134 Å². The molecule has 0 unspecified atom stereocenters. The van der Waals surface area contributed by atoms with Crippen LogP contribution in [0.5, 0.6) is 0 Å². The van der Waals surface area contributed by atoms with Crippen molar-refractivity contribution in [1.82, 2.24) is 0 Å². The maximum absolute atomic E-state index is 14.7. The van der Waals surface area contributed by atoms with Gasteiger partial charge in [0.1, 0.15) is 11.6 Å². The molecule has 23 heavy (non-hydrogen) atoms. The van der Waals surface area contributed by atoms with Crippen LogP contribution < -0.4 is 14.7 Å². The first kappa shape index (κ1) is 14.3. The normalized spacial score (nSPS) is 15.3. The Hall–Kier alpha value is -2.30. The Kier molecular flexibility index (Phi) is 3.01. The maximum atomic E-state index is 14.7. The van der Waals surface area contributed by atoms with Crippen LogP contribution in [0.25, 0.3) is 0 Å². The molecular weight excluding hydrogens is 296 g/mol. The average molecular weight is 315 g/mol. The van der Waals surface area contributed by atoms with Gasteiger partial charge in [-0.1, -0.05) is 6.07 Å². The third kappa shape index (κ3) is 2.14. The van der Waals surface area contributed by atoms with Gasteiger partial charge >= 0.3 is 0 Å².